The van der Waals surface area contributed by atoms with Crippen LogP contribution in [0.4, 0.5) is 0 Å². The van der Waals surface area contributed by atoms with Gasteiger partial charge in [0.2, 0.25) is 0 Å². The molecule has 2 aliphatic rings. The molecule has 3 rings (SSSR count). The lowest BCUT2D eigenvalue weighted by Gasteiger charge is -2.32. The Morgan fingerprint density at radius 2 is 1.43 bits per heavy atom. The van der Waals surface area contributed by atoms with Crippen LogP contribution in [0.1, 0.15) is 65.9 Å². The van der Waals surface area contributed by atoms with E-state index in [0.29, 0.717) is 0 Å². The summed E-state index contributed by atoms with van der Waals surface area (Å²) < 4.78 is 12.3. The first-order valence-corrected chi connectivity index (χ1v) is 9.21. The number of hydrogen-bond acceptors (Lipinski definition) is 2. The van der Waals surface area contributed by atoms with Crippen LogP contribution in [0.15, 0.2) is 24.3 Å². The zero-order valence-corrected chi connectivity index (χ0v) is 15.4. The topological polar surface area (TPSA) is 18.5 Å². The van der Waals surface area contributed by atoms with E-state index in [9.17, 15) is 0 Å². The van der Waals surface area contributed by atoms with E-state index in [0.717, 1.165) is 17.3 Å². The zero-order valence-electron chi connectivity index (χ0n) is 15.4. The highest BCUT2D eigenvalue weighted by molar-refractivity contribution is 6.62. The predicted molar refractivity (Wildman–Crippen MR) is 97.0 cm³/mol. The smallest absolute Gasteiger partial charge is 0.399 e. The molecule has 1 aromatic rings. The van der Waals surface area contributed by atoms with Crippen molar-refractivity contribution < 1.29 is 9.31 Å². The van der Waals surface area contributed by atoms with Crippen molar-refractivity contribution in [1.82, 2.24) is 0 Å². The predicted octanol–water partition coefficient (Wildman–Crippen LogP) is 4.35. The first kappa shape index (κ1) is 17.0. The van der Waals surface area contributed by atoms with Crippen LogP contribution in [0.3, 0.4) is 0 Å². The van der Waals surface area contributed by atoms with E-state index in [2.05, 4.69) is 58.9 Å². The van der Waals surface area contributed by atoms with Gasteiger partial charge in [-0.15, -0.1) is 0 Å². The van der Waals surface area contributed by atoms with Gasteiger partial charge in [0.1, 0.15) is 0 Å². The van der Waals surface area contributed by atoms with Crippen LogP contribution in [0.5, 0.6) is 0 Å². The Kier molecular flexibility index (Phi) is 4.63. The lowest BCUT2D eigenvalue weighted by Crippen LogP contribution is -2.41. The molecule has 0 bridgehead atoms. The van der Waals surface area contributed by atoms with Gasteiger partial charge in [0, 0.05) is 0 Å². The molecule has 2 fully saturated rings. The molecule has 0 unspecified atom stereocenters. The van der Waals surface area contributed by atoms with E-state index >= 15 is 0 Å². The molecule has 0 N–H and O–H groups in total. The van der Waals surface area contributed by atoms with Crippen LogP contribution in [0, 0.1) is 11.8 Å². The van der Waals surface area contributed by atoms with Crippen molar-refractivity contribution in [2.24, 2.45) is 11.8 Å². The third kappa shape index (κ3) is 3.66. The lowest BCUT2D eigenvalue weighted by molar-refractivity contribution is 0.00578. The minimum atomic E-state index is -0.269. The maximum Gasteiger partial charge on any atom is 0.494 e. The van der Waals surface area contributed by atoms with Gasteiger partial charge in [0.15, 0.2) is 0 Å². The number of benzene rings is 1. The molecule has 0 amide bonds. The molecule has 0 aromatic heterocycles. The summed E-state index contributed by atoms with van der Waals surface area (Å²) in [6.07, 6.45) is 6.80. The maximum atomic E-state index is 6.13. The van der Waals surface area contributed by atoms with Crippen LogP contribution in [-0.4, -0.2) is 18.3 Å². The molecule has 3 heteroatoms. The Hall–Kier alpha value is -0.795. The van der Waals surface area contributed by atoms with Crippen LogP contribution < -0.4 is 5.46 Å². The minimum absolute atomic E-state index is 0.246. The van der Waals surface area contributed by atoms with E-state index in [-0.39, 0.29) is 18.3 Å². The summed E-state index contributed by atoms with van der Waals surface area (Å²) in [6.45, 7) is 10.8. The highest BCUT2D eigenvalue weighted by Gasteiger charge is 2.51. The Labute approximate surface area is 142 Å². The largest absolute Gasteiger partial charge is 0.494 e. The van der Waals surface area contributed by atoms with Crippen LogP contribution in [-0.2, 0) is 15.7 Å². The summed E-state index contributed by atoms with van der Waals surface area (Å²) in [5.41, 5.74) is 2.04. The van der Waals surface area contributed by atoms with E-state index in [1.54, 1.807) is 0 Å². The fourth-order valence-electron chi connectivity index (χ4n) is 3.66. The lowest BCUT2D eigenvalue weighted by atomic mass is 9.77. The van der Waals surface area contributed by atoms with Crippen molar-refractivity contribution in [1.29, 1.82) is 0 Å². The molecular weight excluding hydrogens is 283 g/mol. The Morgan fingerprint density at radius 3 is 1.96 bits per heavy atom. The Bertz CT molecular complexity index is 511. The van der Waals surface area contributed by atoms with Gasteiger partial charge in [-0.1, -0.05) is 44.0 Å². The van der Waals surface area contributed by atoms with Gasteiger partial charge >= 0.3 is 7.12 Å². The average molecular weight is 314 g/mol. The fourth-order valence-corrected chi connectivity index (χ4v) is 3.66. The summed E-state index contributed by atoms with van der Waals surface area (Å²) >= 11 is 0. The van der Waals surface area contributed by atoms with E-state index in [1.165, 1.54) is 37.7 Å². The monoisotopic (exact) mass is 314 g/mol. The first-order valence-electron chi connectivity index (χ1n) is 9.21. The van der Waals surface area contributed by atoms with Gasteiger partial charge in [-0.3, -0.25) is 0 Å². The molecule has 126 valence electrons. The fraction of sp³-hybridized carbons (Fsp3) is 0.700. The van der Waals surface area contributed by atoms with Crippen LogP contribution >= 0.6 is 0 Å². The molecule has 1 saturated heterocycles. The number of rotatable bonds is 3. The molecule has 0 spiro atoms. The van der Waals surface area contributed by atoms with E-state index in [1.807, 2.05) is 0 Å². The molecule has 0 atom stereocenters. The van der Waals surface area contributed by atoms with Gasteiger partial charge in [0.05, 0.1) is 11.2 Å². The average Bonchev–Trinajstić information content (AvgIpc) is 2.71. The standard InChI is InChI=1S/C20H31BO2/c1-15-6-8-16(9-7-15)14-17-10-12-18(13-11-17)21-22-19(2,3)20(4,5)23-21/h10-13,15-16H,6-9,14H2,1-5H3. The third-order valence-electron chi connectivity index (χ3n) is 6.16. The Balaban J connectivity index is 1.62. The van der Waals surface area contributed by atoms with Crippen LogP contribution in [0.25, 0.3) is 0 Å². The number of hydrogen-bond donors (Lipinski definition) is 0. The normalized spacial score (nSPS) is 29.7. The van der Waals surface area contributed by atoms with E-state index < -0.39 is 0 Å². The summed E-state index contributed by atoms with van der Waals surface area (Å²) in [4.78, 5) is 0. The minimum Gasteiger partial charge on any atom is -0.399 e. The van der Waals surface area contributed by atoms with Gasteiger partial charge in [0.25, 0.3) is 0 Å². The molecule has 2 nitrogen and oxygen atoms in total. The van der Waals surface area contributed by atoms with Crippen molar-refractivity contribution in [2.45, 2.75) is 77.9 Å². The highest BCUT2D eigenvalue weighted by Crippen LogP contribution is 2.36. The quantitative estimate of drug-likeness (QED) is 0.772. The van der Waals surface area contributed by atoms with Gasteiger partial charge in [-0.2, -0.15) is 0 Å². The molecule has 1 aromatic carbocycles. The zero-order chi connectivity index (χ0) is 16.7. The van der Waals surface area contributed by atoms with Gasteiger partial charge in [-0.25, -0.2) is 0 Å². The van der Waals surface area contributed by atoms with Crippen LogP contribution in [0.2, 0.25) is 0 Å². The second kappa shape index (κ2) is 6.25. The molecule has 1 heterocycles. The summed E-state index contributed by atoms with van der Waals surface area (Å²) in [7, 11) is -0.246. The van der Waals surface area contributed by atoms with E-state index in [4.69, 9.17) is 9.31 Å². The first-order chi connectivity index (χ1) is 10.8. The van der Waals surface area contributed by atoms with Crippen molar-refractivity contribution in [2.75, 3.05) is 0 Å². The van der Waals surface area contributed by atoms with Crippen molar-refractivity contribution in [3.63, 3.8) is 0 Å². The SMILES string of the molecule is CC1CCC(Cc2ccc(B3OC(C)(C)C(C)(C)O3)cc2)CC1. The molecule has 1 saturated carbocycles. The van der Waals surface area contributed by atoms with Crippen molar-refractivity contribution in [3.05, 3.63) is 29.8 Å². The van der Waals surface area contributed by atoms with Gasteiger partial charge < -0.3 is 9.31 Å². The summed E-state index contributed by atoms with van der Waals surface area (Å²) in [5, 5.41) is 0. The second-order valence-electron chi connectivity index (χ2n) is 8.66. The maximum absolute atomic E-state index is 6.13. The molecule has 1 aliphatic carbocycles. The van der Waals surface area contributed by atoms with Crippen molar-refractivity contribution >= 4 is 12.6 Å². The van der Waals surface area contributed by atoms with Gasteiger partial charge in [-0.05, 0) is 69.8 Å². The summed E-state index contributed by atoms with van der Waals surface area (Å²) in [5.74, 6) is 1.80. The second-order valence-corrected chi connectivity index (χ2v) is 8.66. The molecule has 0 radical (unpaired) electrons. The van der Waals surface area contributed by atoms with Crippen molar-refractivity contribution in [3.8, 4) is 0 Å². The highest BCUT2D eigenvalue weighted by atomic mass is 16.7. The third-order valence-corrected chi connectivity index (χ3v) is 6.16. The molecule has 1 aliphatic heterocycles. The molecular formula is C20H31BO2. The Morgan fingerprint density at radius 1 is 0.913 bits per heavy atom. The summed E-state index contributed by atoms with van der Waals surface area (Å²) in [6, 6.07) is 8.89. The molecule has 23 heavy (non-hydrogen) atoms.